The Kier molecular flexibility index (Phi) is 3.84. The lowest BCUT2D eigenvalue weighted by molar-refractivity contribution is 0.0564. The number of carbonyl (C=O) groups excluding carboxylic acids is 1. The van der Waals surface area contributed by atoms with Crippen LogP contribution in [0.4, 0.5) is 0 Å². The zero-order valence-electron chi connectivity index (χ0n) is 14.2. The van der Waals surface area contributed by atoms with Crippen LogP contribution in [0.5, 0.6) is 0 Å². The maximum atomic E-state index is 12.7. The number of fused-ring (bicyclic) bond motifs is 2. The minimum Gasteiger partial charge on any atom is -0.331 e. The number of piperazine rings is 1. The number of likely N-dealkylation sites (tertiary alicyclic amines) is 2. The first-order valence-electron chi connectivity index (χ1n) is 8.69. The summed E-state index contributed by atoms with van der Waals surface area (Å²) >= 11 is 0. The Balaban J connectivity index is 1.45. The molecule has 0 saturated carbocycles. The van der Waals surface area contributed by atoms with Gasteiger partial charge in [0.05, 0.1) is 6.20 Å². The Hall–Kier alpha value is -2.21. The molecule has 2 fully saturated rings. The molecule has 2 aromatic rings. The van der Waals surface area contributed by atoms with Crippen molar-refractivity contribution in [1.29, 1.82) is 0 Å². The van der Waals surface area contributed by atoms with Crippen molar-refractivity contribution in [2.75, 3.05) is 13.1 Å². The molecule has 6 heteroatoms. The van der Waals surface area contributed by atoms with Gasteiger partial charge in [-0.25, -0.2) is 0 Å². The van der Waals surface area contributed by atoms with Crippen LogP contribution in [0.15, 0.2) is 36.5 Å². The third-order valence-corrected chi connectivity index (χ3v) is 5.41. The fraction of sp³-hybridized carbons (Fsp3) is 0.500. The minimum absolute atomic E-state index is 0.0224. The number of amides is 1. The van der Waals surface area contributed by atoms with Crippen LogP contribution in [0.1, 0.15) is 42.4 Å². The zero-order chi connectivity index (χ0) is 16.7. The highest BCUT2D eigenvalue weighted by atomic mass is 16.2. The molecule has 0 radical (unpaired) electrons. The highest BCUT2D eigenvalue weighted by Gasteiger charge is 2.47. The van der Waals surface area contributed by atoms with Gasteiger partial charge < -0.3 is 4.90 Å². The van der Waals surface area contributed by atoms with Crippen molar-refractivity contribution >= 4 is 5.91 Å². The summed E-state index contributed by atoms with van der Waals surface area (Å²) in [5, 5.41) is 8.01. The van der Waals surface area contributed by atoms with Crippen LogP contribution >= 0.6 is 0 Å². The van der Waals surface area contributed by atoms with Gasteiger partial charge in [0.2, 0.25) is 0 Å². The molecule has 1 amide bonds. The van der Waals surface area contributed by atoms with Gasteiger partial charge in [0.1, 0.15) is 0 Å². The van der Waals surface area contributed by atoms with Crippen molar-refractivity contribution < 1.29 is 4.79 Å². The van der Waals surface area contributed by atoms with Crippen molar-refractivity contribution in [1.82, 2.24) is 24.8 Å². The first-order chi connectivity index (χ1) is 11.7. The fourth-order valence-corrected chi connectivity index (χ4v) is 4.04. The monoisotopic (exact) mass is 325 g/mol. The summed E-state index contributed by atoms with van der Waals surface area (Å²) in [6.07, 6.45) is 2.81. The molecule has 24 heavy (non-hydrogen) atoms. The standard InChI is InChI=1S/C18H23N5O/c1-3-21-12-17(19-20-21)18(24)23-11-15-9-16(23)10-22(15)13(2)14-7-5-4-6-8-14/h4-8,12-13,15-16H,3,9-11H2,1-2H3/t13?,15-,16-/m0/s1. The quantitative estimate of drug-likeness (QED) is 0.862. The first-order valence-corrected chi connectivity index (χ1v) is 8.69. The summed E-state index contributed by atoms with van der Waals surface area (Å²) in [7, 11) is 0. The largest absolute Gasteiger partial charge is 0.331 e. The molecule has 1 aromatic heterocycles. The molecular weight excluding hydrogens is 302 g/mol. The molecule has 1 unspecified atom stereocenters. The maximum Gasteiger partial charge on any atom is 0.276 e. The molecule has 2 aliphatic heterocycles. The Bertz CT molecular complexity index is 728. The van der Waals surface area contributed by atoms with E-state index < -0.39 is 0 Å². The number of aryl methyl sites for hydroxylation is 1. The number of hydrogen-bond acceptors (Lipinski definition) is 4. The van der Waals surface area contributed by atoms with Crippen molar-refractivity contribution in [3.8, 4) is 0 Å². The molecule has 3 heterocycles. The van der Waals surface area contributed by atoms with Crippen LogP contribution in [0.3, 0.4) is 0 Å². The number of benzene rings is 1. The maximum absolute atomic E-state index is 12.7. The lowest BCUT2D eigenvalue weighted by atomic mass is 10.1. The van der Waals surface area contributed by atoms with Gasteiger partial charge in [-0.3, -0.25) is 14.4 Å². The number of hydrogen-bond donors (Lipinski definition) is 0. The van der Waals surface area contributed by atoms with E-state index in [1.807, 2.05) is 11.8 Å². The Labute approximate surface area is 142 Å². The van der Waals surface area contributed by atoms with Crippen molar-refractivity contribution in [2.45, 2.75) is 44.9 Å². The first kappa shape index (κ1) is 15.3. The third kappa shape index (κ3) is 2.51. The molecule has 2 aliphatic rings. The number of aromatic nitrogens is 3. The van der Waals surface area contributed by atoms with E-state index in [1.165, 1.54) is 5.56 Å². The topological polar surface area (TPSA) is 54.3 Å². The van der Waals surface area contributed by atoms with Gasteiger partial charge in [-0.15, -0.1) is 5.10 Å². The number of carbonyl (C=O) groups is 1. The molecule has 6 nitrogen and oxygen atoms in total. The van der Waals surface area contributed by atoms with E-state index in [0.29, 0.717) is 23.8 Å². The second-order valence-electron chi connectivity index (χ2n) is 6.74. The van der Waals surface area contributed by atoms with Gasteiger partial charge >= 0.3 is 0 Å². The van der Waals surface area contributed by atoms with Crippen LogP contribution in [-0.2, 0) is 6.54 Å². The molecule has 0 N–H and O–H groups in total. The van der Waals surface area contributed by atoms with Crippen LogP contribution in [0.25, 0.3) is 0 Å². The fourth-order valence-electron chi connectivity index (χ4n) is 4.04. The summed E-state index contributed by atoms with van der Waals surface area (Å²) < 4.78 is 1.70. The highest BCUT2D eigenvalue weighted by molar-refractivity contribution is 5.92. The van der Waals surface area contributed by atoms with E-state index in [4.69, 9.17) is 0 Å². The molecule has 2 saturated heterocycles. The van der Waals surface area contributed by atoms with E-state index in [0.717, 1.165) is 26.1 Å². The van der Waals surface area contributed by atoms with Crippen molar-refractivity contribution in [3.05, 3.63) is 47.8 Å². The van der Waals surface area contributed by atoms with Gasteiger partial charge in [-0.05, 0) is 25.8 Å². The van der Waals surface area contributed by atoms with Crippen LogP contribution in [0.2, 0.25) is 0 Å². The molecule has 4 rings (SSSR count). The van der Waals surface area contributed by atoms with Gasteiger partial charge in [0.15, 0.2) is 5.69 Å². The SMILES string of the molecule is CCn1cc(C(=O)N2C[C@@H]3C[C@H]2CN3C(C)c2ccccc2)nn1. The van der Waals surface area contributed by atoms with Gasteiger partial charge in [-0.2, -0.15) is 0 Å². The highest BCUT2D eigenvalue weighted by Crippen LogP contribution is 2.37. The Morgan fingerprint density at radius 2 is 2.04 bits per heavy atom. The van der Waals surface area contributed by atoms with Gasteiger partial charge in [-0.1, -0.05) is 35.5 Å². The molecule has 126 valence electrons. The average molecular weight is 325 g/mol. The van der Waals surface area contributed by atoms with Crippen molar-refractivity contribution in [3.63, 3.8) is 0 Å². The van der Waals surface area contributed by atoms with E-state index in [2.05, 4.69) is 52.5 Å². The summed E-state index contributed by atoms with van der Waals surface area (Å²) in [5.74, 6) is 0.0224. The zero-order valence-corrected chi connectivity index (χ0v) is 14.2. The summed E-state index contributed by atoms with van der Waals surface area (Å²) in [5.41, 5.74) is 1.81. The second kappa shape index (κ2) is 6.02. The van der Waals surface area contributed by atoms with E-state index in [9.17, 15) is 4.79 Å². The van der Waals surface area contributed by atoms with Crippen LogP contribution in [-0.4, -0.2) is 55.9 Å². The van der Waals surface area contributed by atoms with Gasteiger partial charge in [0.25, 0.3) is 5.91 Å². The third-order valence-electron chi connectivity index (χ3n) is 5.41. The predicted molar refractivity (Wildman–Crippen MR) is 90.5 cm³/mol. The lowest BCUT2D eigenvalue weighted by Crippen LogP contribution is -2.49. The second-order valence-corrected chi connectivity index (χ2v) is 6.74. The number of rotatable bonds is 4. The van der Waals surface area contributed by atoms with E-state index >= 15 is 0 Å². The normalized spacial score (nSPS) is 24.5. The predicted octanol–water partition coefficient (Wildman–Crippen LogP) is 1.96. The summed E-state index contributed by atoms with van der Waals surface area (Å²) in [6.45, 7) is 6.71. The molecule has 1 aromatic carbocycles. The van der Waals surface area contributed by atoms with E-state index in [1.54, 1.807) is 10.9 Å². The Morgan fingerprint density at radius 3 is 2.67 bits per heavy atom. The molecule has 2 bridgehead atoms. The number of nitrogens with zero attached hydrogens (tertiary/aromatic N) is 5. The van der Waals surface area contributed by atoms with E-state index in [-0.39, 0.29) is 5.91 Å². The summed E-state index contributed by atoms with van der Waals surface area (Å²) in [6, 6.07) is 11.7. The Morgan fingerprint density at radius 1 is 1.25 bits per heavy atom. The van der Waals surface area contributed by atoms with Crippen LogP contribution < -0.4 is 0 Å². The van der Waals surface area contributed by atoms with Crippen LogP contribution in [0, 0.1) is 0 Å². The molecule has 0 aliphatic carbocycles. The molecule has 3 atom stereocenters. The minimum atomic E-state index is 0.0224. The van der Waals surface area contributed by atoms with Gasteiger partial charge in [0, 0.05) is 37.8 Å². The summed E-state index contributed by atoms with van der Waals surface area (Å²) in [4.78, 5) is 17.2. The smallest absolute Gasteiger partial charge is 0.276 e. The average Bonchev–Trinajstić information content (AvgIpc) is 3.35. The molecule has 0 spiro atoms. The molecular formula is C18H23N5O. The lowest BCUT2D eigenvalue weighted by Gasteiger charge is -2.37. The van der Waals surface area contributed by atoms with Crippen molar-refractivity contribution in [2.24, 2.45) is 0 Å².